The quantitative estimate of drug-likeness (QED) is 0.711. The van der Waals surface area contributed by atoms with Gasteiger partial charge in [0.05, 0.1) is 5.60 Å². The summed E-state index contributed by atoms with van der Waals surface area (Å²) >= 11 is 0. The first-order valence-electron chi connectivity index (χ1n) is 6.63. The van der Waals surface area contributed by atoms with Gasteiger partial charge in [-0.05, 0) is 44.7 Å². The maximum absolute atomic E-state index is 6.06. The Balaban J connectivity index is 1.92. The predicted molar refractivity (Wildman–Crippen MR) is 63.0 cm³/mol. The Morgan fingerprint density at radius 2 is 2.33 bits per heavy atom. The first-order chi connectivity index (χ1) is 7.27. The highest BCUT2D eigenvalue weighted by Crippen LogP contribution is 2.38. The van der Waals surface area contributed by atoms with Crippen molar-refractivity contribution in [2.45, 2.75) is 51.6 Å². The molecule has 0 aromatic carbocycles. The maximum Gasteiger partial charge on any atom is 0.0835 e. The molecule has 0 aromatic rings. The van der Waals surface area contributed by atoms with Crippen molar-refractivity contribution in [3.05, 3.63) is 0 Å². The van der Waals surface area contributed by atoms with Gasteiger partial charge < -0.3 is 9.64 Å². The summed E-state index contributed by atoms with van der Waals surface area (Å²) in [6.07, 6.45) is 6.52. The normalized spacial score (nSPS) is 37.6. The van der Waals surface area contributed by atoms with Crippen LogP contribution in [0.5, 0.6) is 0 Å². The molecule has 0 saturated carbocycles. The van der Waals surface area contributed by atoms with Crippen LogP contribution >= 0.6 is 0 Å². The number of nitrogens with zero attached hydrogens (tertiary/aromatic N) is 1. The zero-order valence-corrected chi connectivity index (χ0v) is 10.3. The topological polar surface area (TPSA) is 12.5 Å². The second kappa shape index (κ2) is 4.84. The number of hydrogen-bond acceptors (Lipinski definition) is 2. The Bertz CT molecular complexity index is 197. The molecule has 2 aliphatic heterocycles. The van der Waals surface area contributed by atoms with Crippen LogP contribution in [0, 0.1) is 5.92 Å². The van der Waals surface area contributed by atoms with E-state index in [1.54, 1.807) is 0 Å². The Hall–Kier alpha value is -0.0800. The third kappa shape index (κ3) is 2.36. The maximum atomic E-state index is 6.06. The molecule has 2 nitrogen and oxygen atoms in total. The summed E-state index contributed by atoms with van der Waals surface area (Å²) in [6.45, 7) is 9.39. The van der Waals surface area contributed by atoms with Crippen LogP contribution in [0.4, 0.5) is 0 Å². The fourth-order valence-corrected chi connectivity index (χ4v) is 3.06. The minimum atomic E-state index is 0.228. The summed E-state index contributed by atoms with van der Waals surface area (Å²) < 4.78 is 6.06. The highest BCUT2D eigenvalue weighted by molar-refractivity contribution is 4.96. The summed E-state index contributed by atoms with van der Waals surface area (Å²) in [5.74, 6) is 0.762. The second-order valence-electron chi connectivity index (χ2n) is 5.34. The summed E-state index contributed by atoms with van der Waals surface area (Å²) in [5.41, 5.74) is 0.228. The van der Waals surface area contributed by atoms with Crippen LogP contribution < -0.4 is 0 Å². The Morgan fingerprint density at radius 3 is 3.00 bits per heavy atom. The molecule has 2 saturated heterocycles. The van der Waals surface area contributed by atoms with Gasteiger partial charge in [0.1, 0.15) is 0 Å². The van der Waals surface area contributed by atoms with Crippen LogP contribution in [0.3, 0.4) is 0 Å². The minimum absolute atomic E-state index is 0.228. The molecule has 2 fully saturated rings. The van der Waals surface area contributed by atoms with Crippen molar-refractivity contribution < 1.29 is 4.74 Å². The molecule has 0 radical (unpaired) electrons. The molecule has 2 rings (SSSR count). The van der Waals surface area contributed by atoms with Crippen molar-refractivity contribution in [1.82, 2.24) is 4.90 Å². The lowest BCUT2D eigenvalue weighted by Gasteiger charge is -2.44. The molecule has 1 spiro atoms. The van der Waals surface area contributed by atoms with Crippen LogP contribution in [-0.4, -0.2) is 36.7 Å². The van der Waals surface area contributed by atoms with Crippen molar-refractivity contribution in [3.8, 4) is 0 Å². The lowest BCUT2D eigenvalue weighted by atomic mass is 9.80. The number of likely N-dealkylation sites (tertiary alicyclic amines) is 1. The van der Waals surface area contributed by atoms with Gasteiger partial charge in [0.2, 0.25) is 0 Å². The number of hydrogen-bond donors (Lipinski definition) is 0. The minimum Gasteiger partial charge on any atom is -0.373 e. The fraction of sp³-hybridized carbons (Fsp3) is 1.00. The standard InChI is InChI=1S/C13H25NO/c1-3-4-8-14-9-6-12(2)13(11-14)7-5-10-15-13/h12H,3-11H2,1-2H3/t12-,13?/m0/s1. The van der Waals surface area contributed by atoms with Crippen molar-refractivity contribution >= 4 is 0 Å². The monoisotopic (exact) mass is 211 g/mol. The summed E-state index contributed by atoms with van der Waals surface area (Å²) in [5, 5.41) is 0. The van der Waals surface area contributed by atoms with E-state index in [9.17, 15) is 0 Å². The molecule has 0 N–H and O–H groups in total. The first-order valence-corrected chi connectivity index (χ1v) is 6.63. The van der Waals surface area contributed by atoms with Gasteiger partial charge in [-0.15, -0.1) is 0 Å². The summed E-state index contributed by atoms with van der Waals surface area (Å²) in [6, 6.07) is 0. The van der Waals surface area contributed by atoms with E-state index in [2.05, 4.69) is 18.7 Å². The molecular formula is C13H25NO. The third-order valence-electron chi connectivity index (χ3n) is 4.23. The molecule has 2 heteroatoms. The van der Waals surface area contributed by atoms with E-state index >= 15 is 0 Å². The SMILES string of the molecule is CCCCN1CC[C@H](C)C2(CCCO2)C1. The van der Waals surface area contributed by atoms with Crippen molar-refractivity contribution in [3.63, 3.8) is 0 Å². The van der Waals surface area contributed by atoms with Crippen molar-refractivity contribution in [2.24, 2.45) is 5.92 Å². The molecule has 0 aromatic heterocycles. The van der Waals surface area contributed by atoms with Gasteiger partial charge in [-0.25, -0.2) is 0 Å². The average molecular weight is 211 g/mol. The predicted octanol–water partition coefficient (Wildman–Crippen LogP) is 2.68. The molecule has 15 heavy (non-hydrogen) atoms. The average Bonchev–Trinajstić information content (AvgIpc) is 2.70. The molecule has 0 aliphatic carbocycles. The van der Waals surface area contributed by atoms with E-state index in [0.29, 0.717) is 0 Å². The zero-order valence-electron chi connectivity index (χ0n) is 10.3. The van der Waals surface area contributed by atoms with Gasteiger partial charge in [0.25, 0.3) is 0 Å². The molecule has 88 valence electrons. The smallest absolute Gasteiger partial charge is 0.0835 e. The zero-order chi connectivity index (χ0) is 10.7. The van der Waals surface area contributed by atoms with Gasteiger partial charge in [-0.1, -0.05) is 20.3 Å². The number of rotatable bonds is 3. The summed E-state index contributed by atoms with van der Waals surface area (Å²) in [4.78, 5) is 2.62. The Labute approximate surface area is 94.0 Å². The lowest BCUT2D eigenvalue weighted by molar-refractivity contribution is -0.0870. The molecule has 0 amide bonds. The van der Waals surface area contributed by atoms with Gasteiger partial charge in [0, 0.05) is 13.2 Å². The van der Waals surface area contributed by atoms with E-state index in [4.69, 9.17) is 4.74 Å². The van der Waals surface area contributed by atoms with Gasteiger partial charge >= 0.3 is 0 Å². The van der Waals surface area contributed by atoms with Gasteiger partial charge in [-0.3, -0.25) is 0 Å². The van der Waals surface area contributed by atoms with E-state index in [1.165, 1.54) is 51.7 Å². The lowest BCUT2D eigenvalue weighted by Crippen LogP contribution is -2.52. The molecule has 2 heterocycles. The van der Waals surface area contributed by atoms with Crippen LogP contribution in [0.15, 0.2) is 0 Å². The fourth-order valence-electron chi connectivity index (χ4n) is 3.06. The number of ether oxygens (including phenoxy) is 1. The summed E-state index contributed by atoms with van der Waals surface area (Å²) in [7, 11) is 0. The van der Waals surface area contributed by atoms with E-state index < -0.39 is 0 Å². The first kappa shape index (κ1) is 11.4. The number of piperidine rings is 1. The van der Waals surface area contributed by atoms with Crippen LogP contribution in [0.2, 0.25) is 0 Å². The highest BCUT2D eigenvalue weighted by Gasteiger charge is 2.44. The molecule has 2 atom stereocenters. The second-order valence-corrected chi connectivity index (χ2v) is 5.34. The Morgan fingerprint density at radius 1 is 1.47 bits per heavy atom. The number of unbranched alkanes of at least 4 members (excludes halogenated alkanes) is 1. The highest BCUT2D eigenvalue weighted by atomic mass is 16.5. The molecule has 1 unspecified atom stereocenters. The van der Waals surface area contributed by atoms with Crippen LogP contribution in [-0.2, 0) is 4.74 Å². The van der Waals surface area contributed by atoms with Crippen LogP contribution in [0.1, 0.15) is 46.0 Å². The molecule has 2 aliphatic rings. The van der Waals surface area contributed by atoms with E-state index in [-0.39, 0.29) is 5.60 Å². The van der Waals surface area contributed by atoms with E-state index in [0.717, 1.165) is 12.5 Å². The molecular weight excluding hydrogens is 186 g/mol. The van der Waals surface area contributed by atoms with Crippen LogP contribution in [0.25, 0.3) is 0 Å². The van der Waals surface area contributed by atoms with E-state index in [1.807, 2.05) is 0 Å². The van der Waals surface area contributed by atoms with Crippen molar-refractivity contribution in [2.75, 3.05) is 26.2 Å². The van der Waals surface area contributed by atoms with Crippen molar-refractivity contribution in [1.29, 1.82) is 0 Å². The Kier molecular flexibility index (Phi) is 3.68. The largest absolute Gasteiger partial charge is 0.373 e. The molecule has 0 bridgehead atoms. The third-order valence-corrected chi connectivity index (χ3v) is 4.23. The van der Waals surface area contributed by atoms with Gasteiger partial charge in [-0.2, -0.15) is 0 Å². The van der Waals surface area contributed by atoms with Gasteiger partial charge in [0.15, 0.2) is 0 Å².